The number of nitrogens with one attached hydrogen (secondary N) is 1. The number of thiol groups is 1. The van der Waals surface area contributed by atoms with Crippen molar-refractivity contribution in [2.75, 3.05) is 18.8 Å². The first-order valence-electron chi connectivity index (χ1n) is 7.05. The highest BCUT2D eigenvalue weighted by molar-refractivity contribution is 7.80. The molecule has 0 spiro atoms. The predicted molar refractivity (Wildman–Crippen MR) is 76.2 cm³/mol. The van der Waals surface area contributed by atoms with Gasteiger partial charge in [-0.15, -0.1) is 0 Å². The summed E-state index contributed by atoms with van der Waals surface area (Å²) >= 11 is 4.19. The van der Waals surface area contributed by atoms with Crippen molar-refractivity contribution < 1.29 is 0 Å². The van der Waals surface area contributed by atoms with Gasteiger partial charge < -0.3 is 5.32 Å². The Balaban J connectivity index is 2.00. The van der Waals surface area contributed by atoms with Crippen LogP contribution in [0.4, 0.5) is 0 Å². The fourth-order valence-corrected chi connectivity index (χ4v) is 3.18. The number of rotatable bonds is 7. The van der Waals surface area contributed by atoms with E-state index in [-0.39, 0.29) is 0 Å². The quantitative estimate of drug-likeness (QED) is 0.513. The minimum Gasteiger partial charge on any atom is -0.316 e. The molecule has 1 N–H and O–H groups in total. The molecule has 0 aromatic rings. The van der Waals surface area contributed by atoms with E-state index in [1.165, 1.54) is 45.1 Å². The zero-order valence-electron chi connectivity index (χ0n) is 11.0. The summed E-state index contributed by atoms with van der Waals surface area (Å²) in [6, 6.07) is 0. The summed E-state index contributed by atoms with van der Waals surface area (Å²) in [5.41, 5.74) is 0. The number of unbranched alkanes of at least 4 members (excludes halogenated alkanes) is 1. The van der Waals surface area contributed by atoms with Crippen molar-refractivity contribution in [3.05, 3.63) is 0 Å². The molecule has 0 bridgehead atoms. The van der Waals surface area contributed by atoms with E-state index in [4.69, 9.17) is 0 Å². The van der Waals surface area contributed by atoms with Crippen LogP contribution in [0, 0.1) is 17.8 Å². The molecule has 96 valence electrons. The summed E-state index contributed by atoms with van der Waals surface area (Å²) in [6.07, 6.45) is 8.60. The largest absolute Gasteiger partial charge is 0.316 e. The topological polar surface area (TPSA) is 12.0 Å². The Morgan fingerprint density at radius 3 is 2.62 bits per heavy atom. The van der Waals surface area contributed by atoms with Crippen LogP contribution in [0.25, 0.3) is 0 Å². The lowest BCUT2D eigenvalue weighted by molar-refractivity contribution is 0.191. The Labute approximate surface area is 107 Å². The third kappa shape index (κ3) is 5.58. The average Bonchev–Trinajstić information content (AvgIpc) is 2.26. The average molecular weight is 243 g/mol. The predicted octanol–water partition coefficient (Wildman–Crippen LogP) is 3.75. The monoisotopic (exact) mass is 243 g/mol. The molecule has 1 nitrogen and oxygen atoms in total. The van der Waals surface area contributed by atoms with Crippen molar-refractivity contribution in [1.82, 2.24) is 5.32 Å². The minimum absolute atomic E-state index is 0.956. The van der Waals surface area contributed by atoms with Crippen LogP contribution >= 0.6 is 12.6 Å². The third-order valence-corrected chi connectivity index (χ3v) is 4.30. The van der Waals surface area contributed by atoms with E-state index >= 15 is 0 Å². The van der Waals surface area contributed by atoms with Crippen molar-refractivity contribution >= 4 is 12.6 Å². The van der Waals surface area contributed by atoms with Crippen LogP contribution in [-0.2, 0) is 0 Å². The van der Waals surface area contributed by atoms with Crippen molar-refractivity contribution in [2.24, 2.45) is 17.8 Å². The first-order chi connectivity index (χ1) is 7.74. The van der Waals surface area contributed by atoms with E-state index in [1.54, 1.807) is 0 Å². The highest BCUT2D eigenvalue weighted by Gasteiger charge is 2.24. The van der Waals surface area contributed by atoms with Gasteiger partial charge in [0.1, 0.15) is 0 Å². The normalized spacial score (nSPS) is 30.6. The molecular formula is C14H29NS. The molecule has 0 saturated heterocycles. The molecular weight excluding hydrogens is 214 g/mol. The molecule has 0 aromatic heterocycles. The molecule has 1 rings (SSSR count). The Morgan fingerprint density at radius 2 is 1.94 bits per heavy atom. The van der Waals surface area contributed by atoms with Crippen LogP contribution in [0.5, 0.6) is 0 Å². The summed E-state index contributed by atoms with van der Waals surface area (Å²) in [7, 11) is 0. The first-order valence-corrected chi connectivity index (χ1v) is 7.69. The Bertz CT molecular complexity index is 172. The fourth-order valence-electron chi connectivity index (χ4n) is 3.02. The molecule has 0 heterocycles. The standard InChI is InChI=1S/C14H29NS/c1-12-6-7-14(13(2)11-12)5-3-4-8-15-9-10-16/h12-16H,3-11H2,1-2H3/t12-,13-,14-/m1/s1. The molecule has 0 aliphatic heterocycles. The lowest BCUT2D eigenvalue weighted by Crippen LogP contribution is -2.22. The van der Waals surface area contributed by atoms with Crippen LogP contribution in [0.3, 0.4) is 0 Å². The summed E-state index contributed by atoms with van der Waals surface area (Å²) in [5, 5.41) is 3.41. The Morgan fingerprint density at radius 1 is 1.12 bits per heavy atom. The van der Waals surface area contributed by atoms with E-state index in [0.29, 0.717) is 0 Å². The second-order valence-electron chi connectivity index (χ2n) is 5.62. The van der Waals surface area contributed by atoms with Crippen LogP contribution in [0.2, 0.25) is 0 Å². The smallest absolute Gasteiger partial charge is 0.00397 e. The van der Waals surface area contributed by atoms with Crippen molar-refractivity contribution in [1.29, 1.82) is 0 Å². The molecule has 16 heavy (non-hydrogen) atoms. The summed E-state index contributed by atoms with van der Waals surface area (Å²) in [4.78, 5) is 0. The highest BCUT2D eigenvalue weighted by atomic mass is 32.1. The SMILES string of the molecule is C[C@@H]1CC[C@@H](CCCCNCCS)[C@H](C)C1. The molecule has 3 atom stereocenters. The van der Waals surface area contributed by atoms with E-state index < -0.39 is 0 Å². The summed E-state index contributed by atoms with van der Waals surface area (Å²) in [6.45, 7) is 7.10. The van der Waals surface area contributed by atoms with Gasteiger partial charge in [-0.3, -0.25) is 0 Å². The third-order valence-electron chi connectivity index (χ3n) is 4.08. The van der Waals surface area contributed by atoms with Gasteiger partial charge in [0.05, 0.1) is 0 Å². The molecule has 0 radical (unpaired) electrons. The summed E-state index contributed by atoms with van der Waals surface area (Å²) < 4.78 is 0. The molecule has 1 fully saturated rings. The van der Waals surface area contributed by atoms with Crippen molar-refractivity contribution in [3.63, 3.8) is 0 Å². The van der Waals surface area contributed by atoms with Gasteiger partial charge in [0, 0.05) is 12.3 Å². The highest BCUT2D eigenvalue weighted by Crippen LogP contribution is 2.35. The van der Waals surface area contributed by atoms with Crippen molar-refractivity contribution in [3.8, 4) is 0 Å². The van der Waals surface area contributed by atoms with E-state index in [2.05, 4.69) is 31.8 Å². The van der Waals surface area contributed by atoms with Gasteiger partial charge in [0.2, 0.25) is 0 Å². The van der Waals surface area contributed by atoms with Gasteiger partial charge in [-0.25, -0.2) is 0 Å². The molecule has 0 amide bonds. The summed E-state index contributed by atoms with van der Waals surface area (Å²) in [5.74, 6) is 3.91. The first kappa shape index (κ1) is 14.4. The Hall–Kier alpha value is 0.310. The maximum absolute atomic E-state index is 4.19. The van der Waals surface area contributed by atoms with Crippen LogP contribution in [0.1, 0.15) is 52.4 Å². The van der Waals surface area contributed by atoms with Crippen LogP contribution < -0.4 is 5.32 Å². The van der Waals surface area contributed by atoms with E-state index in [9.17, 15) is 0 Å². The van der Waals surface area contributed by atoms with Gasteiger partial charge >= 0.3 is 0 Å². The molecule has 0 aromatic carbocycles. The maximum Gasteiger partial charge on any atom is 0.00397 e. The molecule has 1 aliphatic carbocycles. The second kappa shape index (κ2) is 8.41. The van der Waals surface area contributed by atoms with E-state index in [1.807, 2.05) is 0 Å². The van der Waals surface area contributed by atoms with Gasteiger partial charge in [-0.05, 0) is 43.6 Å². The molecule has 0 unspecified atom stereocenters. The van der Waals surface area contributed by atoms with E-state index in [0.717, 1.165) is 30.1 Å². The van der Waals surface area contributed by atoms with Gasteiger partial charge in [0.25, 0.3) is 0 Å². The zero-order chi connectivity index (χ0) is 11.8. The second-order valence-corrected chi connectivity index (χ2v) is 6.07. The lowest BCUT2D eigenvalue weighted by atomic mass is 9.74. The zero-order valence-corrected chi connectivity index (χ0v) is 11.9. The maximum atomic E-state index is 4.19. The number of hydrogen-bond donors (Lipinski definition) is 2. The number of hydrogen-bond acceptors (Lipinski definition) is 2. The lowest BCUT2D eigenvalue weighted by Gasteiger charge is -2.32. The molecule has 2 heteroatoms. The van der Waals surface area contributed by atoms with Gasteiger partial charge in [-0.2, -0.15) is 12.6 Å². The van der Waals surface area contributed by atoms with Crippen LogP contribution in [-0.4, -0.2) is 18.8 Å². The fraction of sp³-hybridized carbons (Fsp3) is 1.00. The Kier molecular flexibility index (Phi) is 7.55. The van der Waals surface area contributed by atoms with Gasteiger partial charge in [-0.1, -0.05) is 33.1 Å². The van der Waals surface area contributed by atoms with Gasteiger partial charge in [0.15, 0.2) is 0 Å². The van der Waals surface area contributed by atoms with Crippen molar-refractivity contribution in [2.45, 2.75) is 52.4 Å². The minimum atomic E-state index is 0.956. The van der Waals surface area contributed by atoms with Crippen LogP contribution in [0.15, 0.2) is 0 Å². The molecule has 1 saturated carbocycles. The molecule has 1 aliphatic rings.